The molecule has 0 radical (unpaired) electrons. The largest absolute Gasteiger partial charge is 0.508 e. The SMILES string of the molecule is CCC(C)[C@H](NC(=O)[C@H](CO)NC(=O)[C@H](CC(N)=O)NC(=O)[C@H](CC(C)C)NC(=O)[C@@H](N)Cc1ccc(O)cc1)C(=O)N[C@@H](CC(C)C)C(=O)N[C@@H](CC(N)=O)C(N)=O. The molecule has 21 nitrogen and oxygen atoms in total. The third-order valence-electron chi connectivity index (χ3n) is 9.12. The zero-order valence-electron chi connectivity index (χ0n) is 34.4. The molecule has 0 aliphatic heterocycles. The van der Waals surface area contributed by atoms with Gasteiger partial charge in [-0.25, -0.2) is 0 Å². The molecule has 0 aliphatic carbocycles. The number of aliphatic hydroxyl groups excluding tert-OH is 1. The van der Waals surface area contributed by atoms with Gasteiger partial charge in [0.2, 0.25) is 53.2 Å². The minimum absolute atomic E-state index is 0.0243. The summed E-state index contributed by atoms with van der Waals surface area (Å²) >= 11 is 0. The summed E-state index contributed by atoms with van der Waals surface area (Å²) < 4.78 is 0. The molecule has 330 valence electrons. The van der Waals surface area contributed by atoms with E-state index in [9.17, 15) is 53.4 Å². The molecule has 0 saturated carbocycles. The van der Waals surface area contributed by atoms with Crippen LogP contribution in [0.5, 0.6) is 5.75 Å². The van der Waals surface area contributed by atoms with Crippen molar-refractivity contribution in [3.8, 4) is 5.75 Å². The van der Waals surface area contributed by atoms with Gasteiger partial charge in [0.25, 0.3) is 0 Å². The molecule has 1 aromatic rings. The summed E-state index contributed by atoms with van der Waals surface area (Å²) in [7, 11) is 0. The second kappa shape index (κ2) is 24.8. The molecular weight excluding hydrogens is 772 g/mol. The van der Waals surface area contributed by atoms with E-state index in [4.69, 9.17) is 22.9 Å². The first-order valence-electron chi connectivity index (χ1n) is 19.3. The molecule has 0 aliphatic rings. The van der Waals surface area contributed by atoms with Gasteiger partial charge >= 0.3 is 0 Å². The number of aromatic hydroxyl groups is 1. The fourth-order valence-electron chi connectivity index (χ4n) is 5.73. The standard InChI is InChI=1S/C38H62N10O11/c1-7-20(6)31(38(59)46-26(13-19(4)5)34(55)43-24(32(42)53)15-29(40)51)48-37(58)28(17-49)47-36(57)27(16-30(41)52)45-35(56)25(12-18(2)3)44-33(54)23(39)14-21-8-10-22(50)11-9-21/h8-11,18-20,23-28,31,49-50H,7,12-17,39H2,1-6H3,(H2,40,51)(H2,41,52)(H2,42,53)(H,43,55)(H,44,54)(H,45,56)(H,46,59)(H,47,57)(H,48,58)/t20?,23-,24-,25-,26-,27-,28-,31-/m0/s1. The highest BCUT2D eigenvalue weighted by molar-refractivity contribution is 5.98. The highest BCUT2D eigenvalue weighted by Gasteiger charge is 2.35. The Labute approximate surface area is 343 Å². The summed E-state index contributed by atoms with van der Waals surface area (Å²) in [5, 5.41) is 34.2. The second-order valence-electron chi connectivity index (χ2n) is 15.3. The fraction of sp³-hybridized carbons (Fsp3) is 0.605. The zero-order chi connectivity index (χ0) is 45.1. The molecule has 0 spiro atoms. The van der Waals surface area contributed by atoms with Crippen molar-refractivity contribution < 1.29 is 53.4 Å². The molecule has 0 fully saturated rings. The Kier molecular flexibility index (Phi) is 21.5. The molecule has 59 heavy (non-hydrogen) atoms. The first-order chi connectivity index (χ1) is 27.5. The number of amides is 9. The monoisotopic (exact) mass is 834 g/mol. The summed E-state index contributed by atoms with van der Waals surface area (Å²) in [5.74, 6) is -9.21. The molecule has 21 heteroatoms. The Bertz CT molecular complexity index is 1640. The van der Waals surface area contributed by atoms with E-state index in [-0.39, 0.29) is 36.8 Å². The Hall–Kier alpha value is -5.83. The van der Waals surface area contributed by atoms with Crippen LogP contribution in [0.2, 0.25) is 0 Å². The van der Waals surface area contributed by atoms with Crippen molar-refractivity contribution >= 4 is 53.2 Å². The number of primary amides is 3. The third kappa shape index (κ3) is 18.5. The fourth-order valence-corrected chi connectivity index (χ4v) is 5.73. The first kappa shape index (κ1) is 51.2. The summed E-state index contributed by atoms with van der Waals surface area (Å²) in [6.45, 7) is 9.41. The van der Waals surface area contributed by atoms with E-state index >= 15 is 0 Å². The predicted molar refractivity (Wildman–Crippen MR) is 214 cm³/mol. The Morgan fingerprint density at radius 3 is 1.42 bits per heavy atom. The Morgan fingerprint density at radius 2 is 0.983 bits per heavy atom. The van der Waals surface area contributed by atoms with E-state index in [1.54, 1.807) is 53.7 Å². The minimum atomic E-state index is -1.72. The summed E-state index contributed by atoms with van der Waals surface area (Å²) in [6, 6.07) is -3.75. The van der Waals surface area contributed by atoms with Crippen molar-refractivity contribution in [1.82, 2.24) is 31.9 Å². The van der Waals surface area contributed by atoms with Crippen molar-refractivity contribution in [3.05, 3.63) is 29.8 Å². The lowest BCUT2D eigenvalue weighted by Crippen LogP contribution is -2.62. The maximum Gasteiger partial charge on any atom is 0.245 e. The Balaban J connectivity index is 3.21. The normalized spacial score (nSPS) is 15.2. The molecule has 16 N–H and O–H groups in total. The molecule has 0 aromatic heterocycles. The smallest absolute Gasteiger partial charge is 0.245 e. The number of carbonyl (C=O) groups is 9. The summed E-state index contributed by atoms with van der Waals surface area (Å²) in [4.78, 5) is 116. The highest BCUT2D eigenvalue weighted by Crippen LogP contribution is 2.14. The molecule has 1 aromatic carbocycles. The van der Waals surface area contributed by atoms with Crippen LogP contribution in [0.15, 0.2) is 24.3 Å². The van der Waals surface area contributed by atoms with Gasteiger partial charge in [0, 0.05) is 0 Å². The number of hydrogen-bond donors (Lipinski definition) is 12. The minimum Gasteiger partial charge on any atom is -0.508 e. The van der Waals surface area contributed by atoms with Gasteiger partial charge in [-0.15, -0.1) is 0 Å². The molecule has 1 rings (SSSR count). The third-order valence-corrected chi connectivity index (χ3v) is 9.12. The maximum atomic E-state index is 13.7. The van der Waals surface area contributed by atoms with E-state index in [0.29, 0.717) is 12.0 Å². The summed E-state index contributed by atoms with van der Waals surface area (Å²) in [6.07, 6.45) is -0.762. The van der Waals surface area contributed by atoms with Gasteiger partial charge in [0.1, 0.15) is 42.0 Å². The van der Waals surface area contributed by atoms with Gasteiger partial charge < -0.3 is 65.0 Å². The van der Waals surface area contributed by atoms with Crippen molar-refractivity contribution in [2.24, 2.45) is 40.7 Å². The number of nitrogens with one attached hydrogen (secondary N) is 6. The lowest BCUT2D eigenvalue weighted by atomic mass is 9.96. The van der Waals surface area contributed by atoms with E-state index in [1.165, 1.54) is 12.1 Å². The molecule has 0 heterocycles. The van der Waals surface area contributed by atoms with Crippen molar-refractivity contribution in [2.75, 3.05) is 6.61 Å². The molecule has 0 saturated heterocycles. The van der Waals surface area contributed by atoms with Crippen LogP contribution in [0.4, 0.5) is 0 Å². The van der Waals surface area contributed by atoms with E-state index < -0.39 is 121 Å². The first-order valence-corrected chi connectivity index (χ1v) is 19.3. The molecule has 9 amide bonds. The number of hydrogen-bond acceptors (Lipinski definition) is 12. The van der Waals surface area contributed by atoms with Gasteiger partial charge in [-0.05, 0) is 54.7 Å². The van der Waals surface area contributed by atoms with Gasteiger partial charge in [-0.3, -0.25) is 43.2 Å². The number of phenols is 1. The van der Waals surface area contributed by atoms with Crippen LogP contribution in [-0.2, 0) is 49.6 Å². The van der Waals surface area contributed by atoms with Gasteiger partial charge in [-0.1, -0.05) is 60.1 Å². The quantitative estimate of drug-likeness (QED) is 0.0433. The van der Waals surface area contributed by atoms with Gasteiger partial charge in [-0.2, -0.15) is 0 Å². The zero-order valence-corrected chi connectivity index (χ0v) is 34.4. The van der Waals surface area contributed by atoms with Crippen LogP contribution in [0.3, 0.4) is 0 Å². The number of aliphatic hydroxyl groups is 1. The highest BCUT2D eigenvalue weighted by atomic mass is 16.3. The van der Waals surface area contributed by atoms with E-state index in [1.807, 2.05) is 0 Å². The number of nitrogens with two attached hydrogens (primary N) is 4. The lowest BCUT2D eigenvalue weighted by Gasteiger charge is -2.29. The van der Waals surface area contributed by atoms with E-state index in [2.05, 4.69) is 31.9 Å². The van der Waals surface area contributed by atoms with Crippen molar-refractivity contribution in [2.45, 2.75) is 122 Å². The molecule has 0 bridgehead atoms. The average Bonchev–Trinajstić information content (AvgIpc) is 3.14. The van der Waals surface area contributed by atoms with Crippen molar-refractivity contribution in [3.63, 3.8) is 0 Å². The van der Waals surface area contributed by atoms with Crippen LogP contribution < -0.4 is 54.8 Å². The molecule has 1 unspecified atom stereocenters. The number of rotatable bonds is 26. The second-order valence-corrected chi connectivity index (χ2v) is 15.3. The Morgan fingerprint density at radius 1 is 0.576 bits per heavy atom. The molecular formula is C38H62N10O11. The predicted octanol–water partition coefficient (Wildman–Crippen LogP) is -3.46. The van der Waals surface area contributed by atoms with Crippen LogP contribution in [0.25, 0.3) is 0 Å². The topological polar surface area (TPSA) is 370 Å². The van der Waals surface area contributed by atoms with E-state index in [0.717, 1.165) is 0 Å². The maximum absolute atomic E-state index is 13.7. The van der Waals surface area contributed by atoms with Crippen LogP contribution >= 0.6 is 0 Å². The van der Waals surface area contributed by atoms with Crippen LogP contribution in [-0.4, -0.2) is 112 Å². The van der Waals surface area contributed by atoms with Crippen LogP contribution in [0.1, 0.15) is 79.2 Å². The van der Waals surface area contributed by atoms with Crippen LogP contribution in [0, 0.1) is 17.8 Å². The summed E-state index contributed by atoms with van der Waals surface area (Å²) in [5.41, 5.74) is 22.6. The number of phenolic OH excluding ortho intramolecular Hbond substituents is 1. The molecule has 8 atom stereocenters. The van der Waals surface area contributed by atoms with Gasteiger partial charge in [0.15, 0.2) is 0 Å². The van der Waals surface area contributed by atoms with Crippen molar-refractivity contribution in [1.29, 1.82) is 0 Å². The number of carbonyl (C=O) groups excluding carboxylic acids is 9. The lowest BCUT2D eigenvalue weighted by molar-refractivity contribution is -0.137. The van der Waals surface area contributed by atoms with Gasteiger partial charge in [0.05, 0.1) is 25.5 Å². The average molecular weight is 835 g/mol. The number of benzene rings is 1.